The van der Waals surface area contributed by atoms with E-state index in [1.807, 2.05) is 31.2 Å². The minimum Gasteiger partial charge on any atom is -0.341 e. The molecule has 1 aromatic heterocycles. The molecule has 8 heteroatoms. The number of aromatic nitrogens is 3. The van der Waals surface area contributed by atoms with Gasteiger partial charge < -0.3 is 9.80 Å². The monoisotopic (exact) mass is 485 g/mol. The van der Waals surface area contributed by atoms with Crippen LogP contribution in [0.15, 0.2) is 33.8 Å². The summed E-state index contributed by atoms with van der Waals surface area (Å²) in [6.45, 7) is 6.01. The van der Waals surface area contributed by atoms with E-state index in [9.17, 15) is 0 Å². The van der Waals surface area contributed by atoms with Crippen molar-refractivity contribution < 1.29 is 0 Å². The van der Waals surface area contributed by atoms with E-state index >= 15 is 0 Å². The van der Waals surface area contributed by atoms with Gasteiger partial charge in [-0.25, -0.2) is 5.43 Å². The van der Waals surface area contributed by atoms with Crippen LogP contribution in [0.25, 0.3) is 0 Å². The SMILES string of the molecule is C/C(=N\Nc1nc(N2CCCCCC2)nc(N2CCCCCC2)n1)c1ccc(Br)cc1. The van der Waals surface area contributed by atoms with Crippen molar-refractivity contribution in [2.45, 2.75) is 58.3 Å². The van der Waals surface area contributed by atoms with Crippen molar-refractivity contribution in [3.63, 3.8) is 0 Å². The number of hydrazone groups is 1. The first-order chi connectivity index (χ1) is 15.2. The summed E-state index contributed by atoms with van der Waals surface area (Å²) in [6, 6.07) is 8.13. The molecule has 0 bridgehead atoms. The molecule has 0 atom stereocenters. The van der Waals surface area contributed by atoms with Gasteiger partial charge >= 0.3 is 0 Å². The average Bonchev–Trinajstić information content (AvgIpc) is 3.23. The quantitative estimate of drug-likeness (QED) is 0.461. The first-order valence-corrected chi connectivity index (χ1v) is 12.3. The van der Waals surface area contributed by atoms with Crippen LogP contribution in [0.3, 0.4) is 0 Å². The molecule has 3 heterocycles. The van der Waals surface area contributed by atoms with Crippen molar-refractivity contribution in [1.82, 2.24) is 15.0 Å². The summed E-state index contributed by atoms with van der Waals surface area (Å²) in [7, 11) is 0. The molecule has 2 saturated heterocycles. The Balaban J connectivity index is 1.60. The third kappa shape index (κ3) is 6.15. The molecule has 0 aliphatic carbocycles. The second-order valence-electron chi connectivity index (χ2n) is 8.38. The van der Waals surface area contributed by atoms with Gasteiger partial charge in [0.05, 0.1) is 5.71 Å². The first kappa shape index (κ1) is 22.0. The van der Waals surface area contributed by atoms with Crippen LogP contribution in [-0.2, 0) is 0 Å². The highest BCUT2D eigenvalue weighted by Crippen LogP contribution is 2.22. The molecule has 0 saturated carbocycles. The van der Waals surface area contributed by atoms with Crippen molar-refractivity contribution in [3.8, 4) is 0 Å². The maximum Gasteiger partial charge on any atom is 0.250 e. The van der Waals surface area contributed by atoms with Crippen molar-refractivity contribution in [3.05, 3.63) is 34.3 Å². The Bertz CT molecular complexity index is 830. The number of hydrogen-bond acceptors (Lipinski definition) is 7. The van der Waals surface area contributed by atoms with Crippen LogP contribution in [0.2, 0.25) is 0 Å². The summed E-state index contributed by atoms with van der Waals surface area (Å²) in [5.74, 6) is 2.07. The third-order valence-electron chi connectivity index (χ3n) is 5.98. The van der Waals surface area contributed by atoms with Gasteiger partial charge in [0.25, 0.3) is 0 Å². The number of rotatable bonds is 5. The van der Waals surface area contributed by atoms with Crippen LogP contribution in [0.4, 0.5) is 17.8 Å². The highest BCUT2D eigenvalue weighted by Gasteiger charge is 2.19. The van der Waals surface area contributed by atoms with Gasteiger partial charge in [0, 0.05) is 30.7 Å². The molecule has 1 aromatic carbocycles. The zero-order valence-electron chi connectivity index (χ0n) is 18.4. The van der Waals surface area contributed by atoms with E-state index in [1.54, 1.807) is 0 Å². The lowest BCUT2D eigenvalue weighted by Gasteiger charge is -2.24. The standard InChI is InChI=1S/C23H32BrN7/c1-18(19-10-12-20(24)13-11-19)28-29-21-25-22(30-14-6-2-3-7-15-30)27-23(26-21)31-16-8-4-5-9-17-31/h10-13H,2-9,14-17H2,1H3,(H,25,26,27,29)/b28-18+. The number of halogens is 1. The molecule has 4 rings (SSSR count). The largest absolute Gasteiger partial charge is 0.341 e. The van der Waals surface area contributed by atoms with Crippen LogP contribution in [-0.4, -0.2) is 46.8 Å². The van der Waals surface area contributed by atoms with Gasteiger partial charge in [0.1, 0.15) is 0 Å². The molecule has 2 aromatic rings. The fourth-order valence-electron chi connectivity index (χ4n) is 4.12. The second kappa shape index (κ2) is 10.9. The molecule has 2 aliphatic heterocycles. The topological polar surface area (TPSA) is 69.5 Å². The van der Waals surface area contributed by atoms with Crippen LogP contribution in [0.5, 0.6) is 0 Å². The predicted octanol–water partition coefficient (Wildman–Crippen LogP) is 5.23. The lowest BCUT2D eigenvalue weighted by atomic mass is 10.1. The average molecular weight is 486 g/mol. The summed E-state index contributed by atoms with van der Waals surface area (Å²) in [5, 5.41) is 4.57. The molecule has 31 heavy (non-hydrogen) atoms. The van der Waals surface area contributed by atoms with Gasteiger partial charge in [-0.15, -0.1) is 0 Å². The van der Waals surface area contributed by atoms with Crippen molar-refractivity contribution >= 4 is 39.5 Å². The minimum atomic E-state index is 0.518. The number of hydrogen-bond donors (Lipinski definition) is 1. The molecule has 7 nitrogen and oxygen atoms in total. The van der Waals surface area contributed by atoms with Gasteiger partial charge in [-0.1, -0.05) is 53.7 Å². The van der Waals surface area contributed by atoms with E-state index in [-0.39, 0.29) is 0 Å². The Hall–Kier alpha value is -2.22. The Morgan fingerprint density at radius 2 is 1.26 bits per heavy atom. The maximum atomic E-state index is 4.90. The first-order valence-electron chi connectivity index (χ1n) is 11.5. The zero-order chi connectivity index (χ0) is 21.5. The summed E-state index contributed by atoms with van der Waals surface area (Å²) < 4.78 is 1.05. The normalized spacial score (nSPS) is 18.5. The summed E-state index contributed by atoms with van der Waals surface area (Å²) >= 11 is 3.48. The van der Waals surface area contributed by atoms with E-state index in [1.165, 1.54) is 51.4 Å². The second-order valence-corrected chi connectivity index (χ2v) is 9.29. The van der Waals surface area contributed by atoms with Crippen molar-refractivity contribution in [2.75, 3.05) is 41.4 Å². The summed E-state index contributed by atoms with van der Waals surface area (Å²) in [5.41, 5.74) is 5.06. The van der Waals surface area contributed by atoms with Crippen LogP contribution < -0.4 is 15.2 Å². The molecule has 0 amide bonds. The highest BCUT2D eigenvalue weighted by molar-refractivity contribution is 9.10. The molecule has 0 spiro atoms. The predicted molar refractivity (Wildman–Crippen MR) is 131 cm³/mol. The van der Waals surface area contributed by atoms with Gasteiger partial charge in [-0.3, -0.25) is 0 Å². The van der Waals surface area contributed by atoms with Gasteiger partial charge in [0.15, 0.2) is 0 Å². The fourth-order valence-corrected chi connectivity index (χ4v) is 4.38. The van der Waals surface area contributed by atoms with Crippen LogP contribution in [0.1, 0.15) is 63.9 Å². The number of nitrogens with zero attached hydrogens (tertiary/aromatic N) is 6. The van der Waals surface area contributed by atoms with Gasteiger partial charge in [-0.05, 0) is 50.3 Å². The fraction of sp³-hybridized carbons (Fsp3) is 0.565. The smallest absolute Gasteiger partial charge is 0.250 e. The highest BCUT2D eigenvalue weighted by atomic mass is 79.9. The molecule has 166 valence electrons. The molecular weight excluding hydrogens is 454 g/mol. The summed E-state index contributed by atoms with van der Waals surface area (Å²) in [4.78, 5) is 19.0. The Kier molecular flexibility index (Phi) is 7.72. The lowest BCUT2D eigenvalue weighted by Crippen LogP contribution is -2.30. The van der Waals surface area contributed by atoms with Crippen LogP contribution >= 0.6 is 15.9 Å². The Morgan fingerprint density at radius 3 is 1.74 bits per heavy atom. The lowest BCUT2D eigenvalue weighted by molar-refractivity contribution is 0.726. The van der Waals surface area contributed by atoms with Gasteiger partial charge in [0.2, 0.25) is 17.8 Å². The van der Waals surface area contributed by atoms with Gasteiger partial charge in [-0.2, -0.15) is 20.1 Å². The summed E-state index contributed by atoms with van der Waals surface area (Å²) in [6.07, 6.45) is 9.88. The van der Waals surface area contributed by atoms with E-state index in [0.29, 0.717) is 5.95 Å². The van der Waals surface area contributed by atoms with E-state index in [4.69, 9.17) is 15.0 Å². The van der Waals surface area contributed by atoms with Crippen molar-refractivity contribution in [1.29, 1.82) is 0 Å². The number of nitrogens with one attached hydrogen (secondary N) is 1. The van der Waals surface area contributed by atoms with E-state index in [0.717, 1.165) is 53.8 Å². The molecule has 0 radical (unpaired) electrons. The number of benzene rings is 1. The Morgan fingerprint density at radius 1 is 0.774 bits per heavy atom. The molecule has 1 N–H and O–H groups in total. The minimum absolute atomic E-state index is 0.518. The van der Waals surface area contributed by atoms with E-state index < -0.39 is 0 Å². The maximum absolute atomic E-state index is 4.90. The molecule has 2 fully saturated rings. The number of anilines is 3. The van der Waals surface area contributed by atoms with Crippen LogP contribution in [0, 0.1) is 0 Å². The molecule has 0 unspecified atom stereocenters. The van der Waals surface area contributed by atoms with Crippen molar-refractivity contribution in [2.24, 2.45) is 5.10 Å². The molecular formula is C23H32BrN7. The Labute approximate surface area is 193 Å². The molecule has 2 aliphatic rings. The zero-order valence-corrected chi connectivity index (χ0v) is 19.9. The van der Waals surface area contributed by atoms with E-state index in [2.05, 4.69) is 36.3 Å². The third-order valence-corrected chi connectivity index (χ3v) is 6.50.